The molecule has 0 saturated carbocycles. The minimum Gasteiger partial charge on any atom is -0.495 e. The number of fused-ring (bicyclic) bond motifs is 1. The lowest BCUT2D eigenvalue weighted by molar-refractivity contribution is 0.402. The van der Waals surface area contributed by atoms with Crippen LogP contribution in [0.5, 0.6) is 5.75 Å². The Morgan fingerprint density at radius 2 is 1.96 bits per heavy atom. The van der Waals surface area contributed by atoms with Gasteiger partial charge in [0, 0.05) is 15.4 Å². The van der Waals surface area contributed by atoms with E-state index in [-0.39, 0.29) is 21.7 Å². The Bertz CT molecular complexity index is 1160. The number of nitrogens with zero attached hydrogens (tertiary/aromatic N) is 1. The number of methoxy groups -OCH3 is 1. The van der Waals surface area contributed by atoms with Gasteiger partial charge in [0.1, 0.15) is 10.6 Å². The standard InChI is InChI=1S/C17H14BrF2N3O3S/c1-9(14-8-11-13(21-14)5-4-12(19)17(11)20)22-23-27(24,25)16-7-10(18)3-6-15(16)26-2/h3-8,21,23H,1-2H3/b22-9+. The summed E-state index contributed by atoms with van der Waals surface area (Å²) < 4.78 is 57.8. The van der Waals surface area contributed by atoms with Gasteiger partial charge in [0.2, 0.25) is 0 Å². The SMILES string of the molecule is COc1ccc(Br)cc1S(=O)(=O)N/N=C(\C)c1cc2c(F)c(F)ccc2[nH]1. The molecule has 0 atom stereocenters. The lowest BCUT2D eigenvalue weighted by Gasteiger charge is -2.09. The Kier molecular flexibility index (Phi) is 5.20. The molecule has 0 saturated heterocycles. The molecule has 1 heterocycles. The van der Waals surface area contributed by atoms with Crippen molar-refractivity contribution in [3.63, 3.8) is 0 Å². The fourth-order valence-corrected chi connectivity index (χ4v) is 4.00. The summed E-state index contributed by atoms with van der Waals surface area (Å²) in [6, 6.07) is 8.29. The zero-order valence-electron chi connectivity index (χ0n) is 14.2. The van der Waals surface area contributed by atoms with E-state index in [1.165, 1.54) is 38.3 Å². The topological polar surface area (TPSA) is 83.6 Å². The van der Waals surface area contributed by atoms with Crippen LogP contribution in [-0.2, 0) is 10.0 Å². The quantitative estimate of drug-likeness (QED) is 0.449. The van der Waals surface area contributed by atoms with E-state index in [0.717, 1.165) is 6.07 Å². The van der Waals surface area contributed by atoms with Crippen LogP contribution in [0.15, 0.2) is 50.9 Å². The normalized spacial score (nSPS) is 12.4. The van der Waals surface area contributed by atoms with E-state index < -0.39 is 21.7 Å². The molecule has 1 aromatic heterocycles. The molecule has 0 aliphatic rings. The third-order valence-electron chi connectivity index (χ3n) is 3.83. The first kappa shape index (κ1) is 19.3. The summed E-state index contributed by atoms with van der Waals surface area (Å²) in [7, 11) is -2.66. The van der Waals surface area contributed by atoms with E-state index in [1.54, 1.807) is 6.07 Å². The van der Waals surface area contributed by atoms with Crippen LogP contribution < -0.4 is 9.57 Å². The van der Waals surface area contributed by atoms with Crippen molar-refractivity contribution in [1.29, 1.82) is 0 Å². The van der Waals surface area contributed by atoms with Crippen molar-refractivity contribution < 1.29 is 21.9 Å². The minimum atomic E-state index is -4.01. The molecule has 0 radical (unpaired) electrons. The minimum absolute atomic E-state index is 0.0519. The number of hydrogen-bond acceptors (Lipinski definition) is 4. The van der Waals surface area contributed by atoms with Crippen molar-refractivity contribution in [2.24, 2.45) is 5.10 Å². The molecule has 0 aliphatic heterocycles. The van der Waals surface area contributed by atoms with Crippen molar-refractivity contribution in [3.8, 4) is 5.75 Å². The first-order valence-electron chi connectivity index (χ1n) is 7.59. The summed E-state index contributed by atoms with van der Waals surface area (Å²) in [6.07, 6.45) is 0. The summed E-state index contributed by atoms with van der Waals surface area (Å²) in [4.78, 5) is 4.89. The molecule has 2 N–H and O–H groups in total. The predicted molar refractivity (Wildman–Crippen MR) is 101 cm³/mol. The summed E-state index contributed by atoms with van der Waals surface area (Å²) in [6.45, 7) is 1.53. The Morgan fingerprint density at radius 1 is 1.22 bits per heavy atom. The van der Waals surface area contributed by atoms with Gasteiger partial charge in [0.25, 0.3) is 10.0 Å². The van der Waals surface area contributed by atoms with Crippen LogP contribution in [0.1, 0.15) is 12.6 Å². The molecule has 0 unspecified atom stereocenters. The van der Waals surface area contributed by atoms with Crippen molar-refractivity contribution in [3.05, 3.63) is 58.2 Å². The maximum absolute atomic E-state index is 13.8. The highest BCUT2D eigenvalue weighted by molar-refractivity contribution is 9.10. The van der Waals surface area contributed by atoms with E-state index in [9.17, 15) is 17.2 Å². The number of aromatic amines is 1. The van der Waals surface area contributed by atoms with Gasteiger partial charge in [-0.1, -0.05) is 15.9 Å². The molecular formula is C17H14BrF2N3O3S. The summed E-state index contributed by atoms with van der Waals surface area (Å²) in [5, 5.41) is 3.91. The number of nitrogens with one attached hydrogen (secondary N) is 2. The molecule has 10 heteroatoms. The maximum Gasteiger partial charge on any atom is 0.280 e. The molecule has 0 bridgehead atoms. The summed E-state index contributed by atoms with van der Waals surface area (Å²) in [5.74, 6) is -1.80. The molecule has 142 valence electrons. The van der Waals surface area contributed by atoms with Gasteiger partial charge in [0.05, 0.1) is 18.5 Å². The van der Waals surface area contributed by atoms with Crippen LogP contribution in [0.4, 0.5) is 8.78 Å². The number of hydrazone groups is 1. The number of ether oxygens (including phenoxy) is 1. The number of aromatic nitrogens is 1. The summed E-state index contributed by atoms with van der Waals surface area (Å²) in [5.41, 5.74) is 0.955. The molecule has 27 heavy (non-hydrogen) atoms. The largest absolute Gasteiger partial charge is 0.495 e. The highest BCUT2D eigenvalue weighted by atomic mass is 79.9. The van der Waals surface area contributed by atoms with Gasteiger partial charge >= 0.3 is 0 Å². The van der Waals surface area contributed by atoms with Gasteiger partial charge in [-0.15, -0.1) is 0 Å². The number of hydrogen-bond donors (Lipinski definition) is 2. The van der Waals surface area contributed by atoms with Crippen LogP contribution in [0, 0.1) is 11.6 Å². The molecule has 0 fully saturated rings. The molecule has 2 aromatic carbocycles. The smallest absolute Gasteiger partial charge is 0.280 e. The van der Waals surface area contributed by atoms with Crippen molar-refractivity contribution >= 4 is 42.6 Å². The zero-order chi connectivity index (χ0) is 19.8. The van der Waals surface area contributed by atoms with Crippen LogP contribution in [0.3, 0.4) is 0 Å². The molecule has 0 spiro atoms. The van der Waals surface area contributed by atoms with E-state index in [4.69, 9.17) is 4.74 Å². The van der Waals surface area contributed by atoms with E-state index >= 15 is 0 Å². The van der Waals surface area contributed by atoms with Crippen molar-refractivity contribution in [1.82, 2.24) is 9.82 Å². The number of benzene rings is 2. The first-order chi connectivity index (χ1) is 12.7. The fraction of sp³-hybridized carbons (Fsp3) is 0.118. The summed E-state index contributed by atoms with van der Waals surface area (Å²) >= 11 is 3.21. The highest BCUT2D eigenvalue weighted by Gasteiger charge is 2.20. The Hall–Kier alpha value is -2.46. The van der Waals surface area contributed by atoms with Crippen LogP contribution in [-0.4, -0.2) is 26.2 Å². The molecule has 3 aromatic rings. The molecular weight excluding hydrogens is 444 g/mol. The molecule has 0 aliphatic carbocycles. The molecule has 3 rings (SSSR count). The second-order valence-electron chi connectivity index (χ2n) is 5.59. The van der Waals surface area contributed by atoms with Gasteiger partial charge in [-0.3, -0.25) is 0 Å². The Balaban J connectivity index is 1.93. The van der Waals surface area contributed by atoms with E-state index in [1.807, 2.05) is 0 Å². The predicted octanol–water partition coefficient (Wildman–Crippen LogP) is 3.92. The first-order valence-corrected chi connectivity index (χ1v) is 9.87. The molecule has 6 nitrogen and oxygen atoms in total. The lowest BCUT2D eigenvalue weighted by Crippen LogP contribution is -2.20. The monoisotopic (exact) mass is 457 g/mol. The van der Waals surface area contributed by atoms with Crippen LogP contribution in [0.25, 0.3) is 10.9 Å². The Morgan fingerprint density at radius 3 is 2.67 bits per heavy atom. The van der Waals surface area contributed by atoms with Crippen molar-refractivity contribution in [2.45, 2.75) is 11.8 Å². The highest BCUT2D eigenvalue weighted by Crippen LogP contribution is 2.27. The second-order valence-corrected chi connectivity index (χ2v) is 8.14. The number of sulfonamides is 1. The van der Waals surface area contributed by atoms with Crippen molar-refractivity contribution in [2.75, 3.05) is 7.11 Å². The maximum atomic E-state index is 13.8. The van der Waals surface area contributed by atoms with Gasteiger partial charge in [0.15, 0.2) is 11.6 Å². The molecule has 0 amide bonds. The average Bonchev–Trinajstić information content (AvgIpc) is 3.08. The fourth-order valence-electron chi connectivity index (χ4n) is 2.44. The Labute approximate surface area is 162 Å². The van der Waals surface area contributed by atoms with Gasteiger partial charge in [-0.2, -0.15) is 18.4 Å². The lowest BCUT2D eigenvalue weighted by atomic mass is 10.2. The zero-order valence-corrected chi connectivity index (χ0v) is 16.6. The second kappa shape index (κ2) is 7.28. The van der Waals surface area contributed by atoms with Gasteiger partial charge in [-0.25, -0.2) is 8.78 Å². The van der Waals surface area contributed by atoms with Crippen LogP contribution >= 0.6 is 15.9 Å². The van der Waals surface area contributed by atoms with Gasteiger partial charge < -0.3 is 9.72 Å². The average molecular weight is 458 g/mol. The number of halogens is 3. The number of H-pyrrole nitrogens is 1. The van der Waals surface area contributed by atoms with E-state index in [2.05, 4.69) is 30.8 Å². The number of rotatable bonds is 5. The van der Waals surface area contributed by atoms with E-state index in [0.29, 0.717) is 15.7 Å². The third kappa shape index (κ3) is 3.81. The van der Waals surface area contributed by atoms with Gasteiger partial charge in [-0.05, 0) is 43.3 Å². The van der Waals surface area contributed by atoms with Crippen LogP contribution in [0.2, 0.25) is 0 Å². The third-order valence-corrected chi connectivity index (χ3v) is 5.55.